The molecule has 1 rings (SSSR count). The molecule has 0 spiro atoms. The summed E-state index contributed by atoms with van der Waals surface area (Å²) in [5.74, 6) is -1.06. The summed E-state index contributed by atoms with van der Waals surface area (Å²) in [4.78, 5) is 49.1. The van der Waals surface area contributed by atoms with Gasteiger partial charge in [-0.25, -0.2) is 23.7 Å². The molecular formula is C9H13N3O5. The van der Waals surface area contributed by atoms with Crippen molar-refractivity contribution in [2.24, 2.45) is 5.92 Å². The fraction of sp³-hybridized carbons (Fsp3) is 0.556. The lowest BCUT2D eigenvalue weighted by Gasteiger charge is -2.18. The first-order valence-corrected chi connectivity index (χ1v) is 4.91. The lowest BCUT2D eigenvalue weighted by Crippen LogP contribution is -2.48. The van der Waals surface area contributed by atoms with Crippen LogP contribution in [-0.2, 0) is 9.53 Å². The van der Waals surface area contributed by atoms with Crippen LogP contribution in [0.25, 0.3) is 0 Å². The van der Waals surface area contributed by atoms with Gasteiger partial charge in [0.05, 0.1) is 7.11 Å². The van der Waals surface area contributed by atoms with E-state index in [9.17, 15) is 19.2 Å². The number of carbonyl (C=O) groups is 1. The Balaban J connectivity index is 3.50. The fourth-order valence-electron chi connectivity index (χ4n) is 1.49. The summed E-state index contributed by atoms with van der Waals surface area (Å²) in [6.45, 7) is 3.30. The van der Waals surface area contributed by atoms with Gasteiger partial charge in [-0.05, 0) is 5.92 Å². The maximum Gasteiger partial charge on any atom is 0.334 e. The number of rotatable bonds is 3. The Morgan fingerprint density at radius 3 is 2.00 bits per heavy atom. The van der Waals surface area contributed by atoms with Gasteiger partial charge in [0.15, 0.2) is 0 Å². The second kappa shape index (κ2) is 4.81. The monoisotopic (exact) mass is 243 g/mol. The van der Waals surface area contributed by atoms with Gasteiger partial charge in [-0.2, -0.15) is 0 Å². The van der Waals surface area contributed by atoms with Crippen LogP contribution in [-0.4, -0.2) is 27.6 Å². The average Bonchev–Trinajstić information content (AvgIpc) is 2.21. The summed E-state index contributed by atoms with van der Waals surface area (Å²) in [7, 11) is 1.16. The minimum Gasteiger partial charge on any atom is -0.467 e. The summed E-state index contributed by atoms with van der Waals surface area (Å²) >= 11 is 0. The predicted molar refractivity (Wildman–Crippen MR) is 57.8 cm³/mol. The van der Waals surface area contributed by atoms with Crippen LogP contribution in [0, 0.1) is 5.92 Å². The molecule has 8 heteroatoms. The van der Waals surface area contributed by atoms with E-state index in [1.165, 1.54) is 0 Å². The Morgan fingerprint density at radius 2 is 1.65 bits per heavy atom. The van der Waals surface area contributed by atoms with E-state index < -0.39 is 29.1 Å². The Morgan fingerprint density at radius 1 is 1.18 bits per heavy atom. The summed E-state index contributed by atoms with van der Waals surface area (Å²) in [6, 6.07) is -1.08. The van der Waals surface area contributed by atoms with Gasteiger partial charge in [-0.15, -0.1) is 0 Å². The zero-order chi connectivity index (χ0) is 13.2. The molecule has 1 unspecified atom stereocenters. The van der Waals surface area contributed by atoms with Crippen molar-refractivity contribution in [1.29, 1.82) is 0 Å². The first kappa shape index (κ1) is 12.9. The molecule has 1 aromatic heterocycles. The highest BCUT2D eigenvalue weighted by Gasteiger charge is 2.28. The molecule has 8 nitrogen and oxygen atoms in total. The Hall–Kier alpha value is -2.12. The Kier molecular flexibility index (Phi) is 3.66. The third-order valence-electron chi connectivity index (χ3n) is 2.23. The molecule has 0 fully saturated rings. The van der Waals surface area contributed by atoms with Crippen molar-refractivity contribution >= 4 is 5.97 Å². The molecule has 0 amide bonds. The average molecular weight is 243 g/mol. The lowest BCUT2D eigenvalue weighted by atomic mass is 10.0. The van der Waals surface area contributed by atoms with E-state index in [0.29, 0.717) is 4.57 Å². The zero-order valence-electron chi connectivity index (χ0n) is 9.64. The smallest absolute Gasteiger partial charge is 0.334 e. The van der Waals surface area contributed by atoms with Crippen LogP contribution >= 0.6 is 0 Å². The minimum atomic E-state index is -1.08. The molecule has 0 saturated carbocycles. The third kappa shape index (κ3) is 2.52. The highest BCUT2D eigenvalue weighted by molar-refractivity contribution is 5.74. The van der Waals surface area contributed by atoms with Crippen LogP contribution < -0.4 is 17.1 Å². The van der Waals surface area contributed by atoms with Gasteiger partial charge in [0.1, 0.15) is 6.04 Å². The number of methoxy groups -OCH3 is 1. The number of nitrogens with one attached hydrogen (secondary N) is 2. The Labute approximate surface area is 95.2 Å². The van der Waals surface area contributed by atoms with Gasteiger partial charge in [0.25, 0.3) is 0 Å². The van der Waals surface area contributed by atoms with Gasteiger partial charge in [0.2, 0.25) is 0 Å². The number of ether oxygens (including phenoxy) is 1. The fourth-order valence-corrected chi connectivity index (χ4v) is 1.49. The molecule has 0 aliphatic carbocycles. The minimum absolute atomic E-state index is 0.341. The van der Waals surface area contributed by atoms with Gasteiger partial charge >= 0.3 is 23.0 Å². The van der Waals surface area contributed by atoms with Crippen molar-refractivity contribution in [2.75, 3.05) is 7.11 Å². The maximum atomic E-state index is 11.5. The molecular weight excluding hydrogens is 230 g/mol. The lowest BCUT2D eigenvalue weighted by molar-refractivity contribution is -0.146. The number of H-pyrrole nitrogens is 2. The van der Waals surface area contributed by atoms with Gasteiger partial charge in [-0.3, -0.25) is 9.97 Å². The number of carbonyl (C=O) groups excluding carboxylic acids is 1. The van der Waals surface area contributed by atoms with Crippen LogP contribution in [0.15, 0.2) is 14.4 Å². The van der Waals surface area contributed by atoms with Crippen LogP contribution in [0.1, 0.15) is 19.9 Å². The van der Waals surface area contributed by atoms with Crippen LogP contribution in [0.2, 0.25) is 0 Å². The van der Waals surface area contributed by atoms with E-state index in [2.05, 4.69) is 4.74 Å². The molecule has 17 heavy (non-hydrogen) atoms. The highest BCUT2D eigenvalue weighted by Crippen LogP contribution is 2.14. The number of esters is 1. The molecule has 0 aliphatic rings. The first-order chi connectivity index (χ1) is 7.88. The molecule has 1 heterocycles. The van der Waals surface area contributed by atoms with Crippen LogP contribution in [0.5, 0.6) is 0 Å². The van der Waals surface area contributed by atoms with Gasteiger partial charge in [0, 0.05) is 0 Å². The number of nitrogens with zero attached hydrogens (tertiary/aromatic N) is 1. The summed E-state index contributed by atoms with van der Waals surface area (Å²) in [5.41, 5.74) is -2.80. The largest absolute Gasteiger partial charge is 0.467 e. The van der Waals surface area contributed by atoms with E-state index in [1.807, 2.05) is 9.97 Å². The van der Waals surface area contributed by atoms with Crippen molar-refractivity contribution in [3.05, 3.63) is 31.5 Å². The molecule has 0 radical (unpaired) electrons. The maximum absolute atomic E-state index is 11.5. The third-order valence-corrected chi connectivity index (χ3v) is 2.23. The Bertz CT molecular complexity index is 545. The number of aromatic nitrogens is 3. The van der Waals surface area contributed by atoms with E-state index in [4.69, 9.17) is 0 Å². The van der Waals surface area contributed by atoms with Gasteiger partial charge in [-0.1, -0.05) is 13.8 Å². The second-order valence-electron chi connectivity index (χ2n) is 3.77. The van der Waals surface area contributed by atoms with Crippen molar-refractivity contribution in [1.82, 2.24) is 14.5 Å². The predicted octanol–water partition coefficient (Wildman–Crippen LogP) is -1.40. The van der Waals surface area contributed by atoms with Gasteiger partial charge < -0.3 is 4.74 Å². The van der Waals surface area contributed by atoms with E-state index in [0.717, 1.165) is 7.11 Å². The molecule has 0 aromatic carbocycles. The molecule has 94 valence electrons. The van der Waals surface area contributed by atoms with Crippen molar-refractivity contribution in [2.45, 2.75) is 19.9 Å². The van der Waals surface area contributed by atoms with E-state index in [-0.39, 0.29) is 5.92 Å². The normalized spacial score (nSPS) is 12.5. The number of hydrogen-bond donors (Lipinski definition) is 2. The summed E-state index contributed by atoms with van der Waals surface area (Å²) in [5, 5.41) is 0. The standard InChI is InChI=1S/C9H13N3O5/c1-4(2)5(6(13)17-3)12-8(15)10-7(14)11-9(12)16/h4-5H,1-3H3,(H2,10,11,14,15,16). The number of hydrogen-bond acceptors (Lipinski definition) is 5. The van der Waals surface area contributed by atoms with E-state index in [1.54, 1.807) is 13.8 Å². The number of aromatic amines is 2. The SMILES string of the molecule is COC(=O)C(C(C)C)n1c(=O)[nH]c(=O)[nH]c1=O. The summed E-state index contributed by atoms with van der Waals surface area (Å²) < 4.78 is 5.16. The molecule has 0 bridgehead atoms. The molecule has 1 atom stereocenters. The molecule has 0 saturated heterocycles. The van der Waals surface area contributed by atoms with E-state index >= 15 is 0 Å². The molecule has 2 N–H and O–H groups in total. The van der Waals surface area contributed by atoms with Crippen molar-refractivity contribution < 1.29 is 9.53 Å². The van der Waals surface area contributed by atoms with Crippen LogP contribution in [0.3, 0.4) is 0 Å². The summed E-state index contributed by atoms with van der Waals surface area (Å²) in [6.07, 6.45) is 0. The molecule has 0 aliphatic heterocycles. The second-order valence-corrected chi connectivity index (χ2v) is 3.77. The zero-order valence-corrected chi connectivity index (χ0v) is 9.64. The molecule has 1 aromatic rings. The topological polar surface area (TPSA) is 114 Å². The van der Waals surface area contributed by atoms with Crippen LogP contribution in [0.4, 0.5) is 0 Å². The van der Waals surface area contributed by atoms with Crippen molar-refractivity contribution in [3.63, 3.8) is 0 Å². The quantitative estimate of drug-likeness (QED) is 0.633. The highest BCUT2D eigenvalue weighted by atomic mass is 16.5. The first-order valence-electron chi connectivity index (χ1n) is 4.91. The van der Waals surface area contributed by atoms with Crippen molar-refractivity contribution in [3.8, 4) is 0 Å².